The number of aryl methyl sites for hydroxylation is 1. The summed E-state index contributed by atoms with van der Waals surface area (Å²) >= 11 is 6.09. The third-order valence-corrected chi connectivity index (χ3v) is 5.48. The molecular weight excluding hydrogens is 424 g/mol. The fourth-order valence-electron chi connectivity index (χ4n) is 3.51. The van der Waals surface area contributed by atoms with Crippen LogP contribution in [0.4, 0.5) is 5.69 Å². The number of carbonyl (C=O) groups excluding carboxylic acids is 1. The number of hydrogen-bond donors (Lipinski definition) is 5. The number of phenolic OH excluding ortho intramolecular Hbond substituents is 1. The standard InChI is InChI=1S/C22H25ClN2O6/c1-11-6-12(4-5-15(11)23)9-22(2,3)24-10-17(27)14-7-13(26)8-16-18(14)31-19(21(29)30)20(28)25-16/h4-8,17,19,24,26-27H,9-10H2,1-3H3,(H,25,28)(H,29,30). The molecule has 0 saturated carbocycles. The molecule has 0 radical (unpaired) electrons. The van der Waals surface area contributed by atoms with Gasteiger partial charge < -0.3 is 30.7 Å². The fourth-order valence-corrected chi connectivity index (χ4v) is 3.63. The van der Waals surface area contributed by atoms with E-state index >= 15 is 0 Å². The van der Waals surface area contributed by atoms with Crippen LogP contribution >= 0.6 is 11.6 Å². The van der Waals surface area contributed by atoms with Gasteiger partial charge in [0.25, 0.3) is 12.0 Å². The lowest BCUT2D eigenvalue weighted by Gasteiger charge is -2.30. The average molecular weight is 449 g/mol. The molecule has 2 unspecified atom stereocenters. The minimum absolute atomic E-state index is 0.0187. The van der Waals surface area contributed by atoms with E-state index < -0.39 is 29.6 Å². The number of aliphatic hydroxyl groups is 1. The summed E-state index contributed by atoms with van der Waals surface area (Å²) in [6, 6.07) is 8.33. The minimum Gasteiger partial charge on any atom is -0.508 e. The largest absolute Gasteiger partial charge is 0.508 e. The lowest BCUT2D eigenvalue weighted by atomic mass is 9.93. The molecule has 1 amide bonds. The highest BCUT2D eigenvalue weighted by Gasteiger charge is 2.36. The van der Waals surface area contributed by atoms with Crippen molar-refractivity contribution in [2.45, 2.75) is 44.9 Å². The molecule has 166 valence electrons. The lowest BCUT2D eigenvalue weighted by molar-refractivity contribution is -0.149. The van der Waals surface area contributed by atoms with Crippen LogP contribution in [0.5, 0.6) is 11.5 Å². The van der Waals surface area contributed by atoms with Crippen LogP contribution in [-0.2, 0) is 16.0 Å². The second kappa shape index (κ2) is 8.74. The predicted molar refractivity (Wildman–Crippen MR) is 116 cm³/mol. The number of nitrogens with one attached hydrogen (secondary N) is 2. The molecule has 2 atom stereocenters. The molecule has 1 aliphatic rings. The van der Waals surface area contributed by atoms with E-state index in [1.165, 1.54) is 12.1 Å². The summed E-state index contributed by atoms with van der Waals surface area (Å²) in [6.45, 7) is 6.01. The first kappa shape index (κ1) is 22.9. The second-order valence-electron chi connectivity index (χ2n) is 8.28. The number of aliphatic hydroxyl groups excluding tert-OH is 1. The molecule has 2 aromatic carbocycles. The molecule has 0 spiro atoms. The molecule has 31 heavy (non-hydrogen) atoms. The number of amides is 1. The van der Waals surface area contributed by atoms with E-state index in [2.05, 4.69) is 10.6 Å². The van der Waals surface area contributed by atoms with E-state index in [9.17, 15) is 24.9 Å². The molecule has 1 aliphatic heterocycles. The summed E-state index contributed by atoms with van der Waals surface area (Å²) in [4.78, 5) is 23.2. The number of ether oxygens (including phenoxy) is 1. The van der Waals surface area contributed by atoms with Gasteiger partial charge in [-0.05, 0) is 50.5 Å². The van der Waals surface area contributed by atoms with Crippen molar-refractivity contribution in [3.8, 4) is 11.5 Å². The Hall–Kier alpha value is -2.81. The molecule has 1 heterocycles. The smallest absolute Gasteiger partial charge is 0.354 e. The van der Waals surface area contributed by atoms with E-state index in [-0.39, 0.29) is 29.3 Å². The van der Waals surface area contributed by atoms with Crippen LogP contribution in [0.25, 0.3) is 0 Å². The predicted octanol–water partition coefficient (Wildman–Crippen LogP) is 2.78. The summed E-state index contributed by atoms with van der Waals surface area (Å²) in [6.07, 6.45) is -2.19. The van der Waals surface area contributed by atoms with E-state index in [1.807, 2.05) is 39.0 Å². The van der Waals surface area contributed by atoms with Gasteiger partial charge in [0.1, 0.15) is 5.75 Å². The van der Waals surface area contributed by atoms with Crippen molar-refractivity contribution >= 4 is 29.2 Å². The average Bonchev–Trinajstić information content (AvgIpc) is 2.67. The Labute approximate surface area is 184 Å². The molecular formula is C22H25ClN2O6. The van der Waals surface area contributed by atoms with Gasteiger partial charge in [0.05, 0.1) is 11.8 Å². The fraction of sp³-hybridized carbons (Fsp3) is 0.364. The quantitative estimate of drug-likeness (QED) is 0.412. The highest BCUT2D eigenvalue weighted by Crippen LogP contribution is 2.40. The van der Waals surface area contributed by atoms with Crippen molar-refractivity contribution in [1.82, 2.24) is 5.32 Å². The molecule has 9 heteroatoms. The number of hydrogen-bond acceptors (Lipinski definition) is 6. The zero-order valence-electron chi connectivity index (χ0n) is 17.4. The van der Waals surface area contributed by atoms with E-state index in [4.69, 9.17) is 16.3 Å². The topological polar surface area (TPSA) is 128 Å². The molecule has 0 bridgehead atoms. The number of benzene rings is 2. The Morgan fingerprint density at radius 1 is 1.32 bits per heavy atom. The SMILES string of the molecule is Cc1cc(CC(C)(C)NCC(O)c2cc(O)cc3c2OC(C(=O)O)C(=O)N3)ccc1Cl. The highest BCUT2D eigenvalue weighted by molar-refractivity contribution is 6.31. The number of fused-ring (bicyclic) bond motifs is 1. The molecule has 8 nitrogen and oxygen atoms in total. The number of carbonyl (C=O) groups is 2. The molecule has 5 N–H and O–H groups in total. The van der Waals surface area contributed by atoms with Crippen LogP contribution in [0.15, 0.2) is 30.3 Å². The van der Waals surface area contributed by atoms with E-state index in [0.717, 1.165) is 11.1 Å². The molecule has 0 aromatic heterocycles. The first-order valence-corrected chi connectivity index (χ1v) is 10.1. The molecule has 0 aliphatic carbocycles. The van der Waals surface area contributed by atoms with E-state index in [1.54, 1.807) is 0 Å². The van der Waals surface area contributed by atoms with Crippen LogP contribution in [0.1, 0.15) is 36.6 Å². The zero-order chi connectivity index (χ0) is 22.9. The summed E-state index contributed by atoms with van der Waals surface area (Å²) in [5.74, 6) is -2.48. The second-order valence-corrected chi connectivity index (χ2v) is 8.69. The van der Waals surface area contributed by atoms with Gasteiger partial charge in [-0.25, -0.2) is 4.79 Å². The van der Waals surface area contributed by atoms with Crippen LogP contribution in [0.3, 0.4) is 0 Å². The van der Waals surface area contributed by atoms with Crippen molar-refractivity contribution in [2.75, 3.05) is 11.9 Å². The number of anilines is 1. The monoisotopic (exact) mass is 448 g/mol. The summed E-state index contributed by atoms with van der Waals surface area (Å²) < 4.78 is 5.34. The maximum Gasteiger partial charge on any atom is 0.354 e. The molecule has 2 aromatic rings. The third-order valence-electron chi connectivity index (χ3n) is 5.06. The van der Waals surface area contributed by atoms with Gasteiger partial charge >= 0.3 is 5.97 Å². The van der Waals surface area contributed by atoms with Gasteiger partial charge in [-0.2, -0.15) is 0 Å². The van der Waals surface area contributed by atoms with Crippen LogP contribution in [-0.4, -0.2) is 45.4 Å². The Balaban J connectivity index is 1.76. The Morgan fingerprint density at radius 3 is 2.68 bits per heavy atom. The normalized spacial score (nSPS) is 16.8. The number of phenols is 1. The van der Waals surface area contributed by atoms with Gasteiger partial charge in [-0.15, -0.1) is 0 Å². The number of carboxylic acid groups (broad SMARTS) is 1. The summed E-state index contributed by atoms with van der Waals surface area (Å²) in [7, 11) is 0. The maximum absolute atomic E-state index is 11.9. The minimum atomic E-state index is -1.74. The van der Waals surface area contributed by atoms with Crippen molar-refractivity contribution < 1.29 is 29.6 Å². The summed E-state index contributed by atoms with van der Waals surface area (Å²) in [5.41, 5.74) is 1.95. The Kier molecular flexibility index (Phi) is 6.45. The first-order valence-electron chi connectivity index (χ1n) is 9.72. The van der Waals surface area contributed by atoms with E-state index in [0.29, 0.717) is 11.4 Å². The maximum atomic E-state index is 11.9. The van der Waals surface area contributed by atoms with Gasteiger partial charge in [0.2, 0.25) is 0 Å². The van der Waals surface area contributed by atoms with Crippen molar-refractivity contribution in [2.24, 2.45) is 0 Å². The van der Waals surface area contributed by atoms with Crippen LogP contribution in [0.2, 0.25) is 5.02 Å². The number of rotatable bonds is 7. The Morgan fingerprint density at radius 2 is 2.03 bits per heavy atom. The molecule has 3 rings (SSSR count). The van der Waals surface area contributed by atoms with Gasteiger partial charge in [-0.3, -0.25) is 4.79 Å². The van der Waals surface area contributed by atoms with Crippen molar-refractivity contribution in [3.05, 3.63) is 52.0 Å². The van der Waals surface area contributed by atoms with Gasteiger partial charge in [0.15, 0.2) is 5.75 Å². The number of β-amino-alcohol motifs (C(OH)–C–C–N with tert-alkyl or cyclic N) is 1. The number of halogens is 1. The van der Waals surface area contributed by atoms with Crippen molar-refractivity contribution in [3.63, 3.8) is 0 Å². The van der Waals surface area contributed by atoms with Crippen LogP contribution in [0, 0.1) is 6.92 Å². The van der Waals surface area contributed by atoms with Gasteiger partial charge in [-0.1, -0.05) is 23.7 Å². The highest BCUT2D eigenvalue weighted by atomic mass is 35.5. The van der Waals surface area contributed by atoms with Gasteiger partial charge in [0, 0.05) is 28.7 Å². The van der Waals surface area contributed by atoms with Crippen molar-refractivity contribution in [1.29, 1.82) is 0 Å². The molecule has 0 saturated heterocycles. The summed E-state index contributed by atoms with van der Waals surface area (Å²) in [5, 5.41) is 36.3. The number of aliphatic carboxylic acids is 1. The lowest BCUT2D eigenvalue weighted by Crippen LogP contribution is -2.44. The molecule has 0 fully saturated rings. The van der Waals surface area contributed by atoms with Crippen LogP contribution < -0.4 is 15.4 Å². The Bertz CT molecular complexity index is 1020. The first-order chi connectivity index (χ1) is 14.5. The number of carboxylic acids is 1. The zero-order valence-corrected chi connectivity index (χ0v) is 18.2. The number of aromatic hydroxyl groups is 1. The third kappa shape index (κ3) is 5.28.